The summed E-state index contributed by atoms with van der Waals surface area (Å²) in [5.41, 5.74) is 3.73. The maximum atomic E-state index is 11.6. The maximum Gasteiger partial charge on any atom is 0.179 e. The molecule has 0 aliphatic carbocycles. The summed E-state index contributed by atoms with van der Waals surface area (Å²) in [7, 11) is -3.47. The van der Waals surface area contributed by atoms with Crippen molar-refractivity contribution in [2.75, 3.05) is 6.26 Å². The number of rotatable bonds is 3. The number of hydrogen-bond acceptors (Lipinski definition) is 4. The summed E-state index contributed by atoms with van der Waals surface area (Å²) in [4.78, 5) is -0.0610. The van der Waals surface area contributed by atoms with Crippen LogP contribution in [0.25, 0.3) is 0 Å². The monoisotopic (exact) mass is 306 g/mol. The van der Waals surface area contributed by atoms with Crippen molar-refractivity contribution >= 4 is 9.84 Å². The highest BCUT2D eigenvalue weighted by molar-refractivity contribution is 7.90. The highest BCUT2D eigenvalue weighted by Gasteiger charge is 2.14. The van der Waals surface area contributed by atoms with Gasteiger partial charge < -0.3 is 10.2 Å². The molecule has 0 atom stereocenters. The Labute approximate surface area is 124 Å². The number of phenolic OH excluding ortho intramolecular Hbond substituents is 2. The van der Waals surface area contributed by atoms with Crippen molar-refractivity contribution in [3.05, 3.63) is 52.6 Å². The van der Waals surface area contributed by atoms with Crippen LogP contribution in [0, 0.1) is 13.8 Å². The van der Waals surface area contributed by atoms with Crippen molar-refractivity contribution in [3.8, 4) is 11.5 Å². The lowest BCUT2D eigenvalue weighted by molar-refractivity contribution is 0.459. The van der Waals surface area contributed by atoms with Gasteiger partial charge in [0.2, 0.25) is 0 Å². The Morgan fingerprint density at radius 3 is 2.10 bits per heavy atom. The van der Waals surface area contributed by atoms with Crippen molar-refractivity contribution in [2.24, 2.45) is 0 Å². The third kappa shape index (κ3) is 3.36. The molecule has 0 heterocycles. The molecule has 0 amide bonds. The summed E-state index contributed by atoms with van der Waals surface area (Å²) in [5, 5.41) is 19.2. The van der Waals surface area contributed by atoms with E-state index < -0.39 is 9.84 Å². The molecule has 2 N–H and O–H groups in total. The van der Waals surface area contributed by atoms with Gasteiger partial charge in [-0.05, 0) is 66.8 Å². The minimum Gasteiger partial charge on any atom is -0.508 e. The molecule has 0 saturated heterocycles. The fraction of sp³-hybridized carbons (Fsp3) is 0.250. The quantitative estimate of drug-likeness (QED) is 0.914. The van der Waals surface area contributed by atoms with Crippen LogP contribution in [-0.2, 0) is 16.3 Å². The van der Waals surface area contributed by atoms with Crippen molar-refractivity contribution in [1.82, 2.24) is 0 Å². The third-order valence-electron chi connectivity index (χ3n) is 3.49. The molecule has 4 nitrogen and oxygen atoms in total. The molecule has 0 spiro atoms. The predicted octanol–water partition coefficient (Wildman–Crippen LogP) is 2.71. The normalized spacial score (nSPS) is 11.6. The molecule has 0 radical (unpaired) electrons. The van der Waals surface area contributed by atoms with Crippen molar-refractivity contribution in [2.45, 2.75) is 25.2 Å². The van der Waals surface area contributed by atoms with Gasteiger partial charge in [-0.15, -0.1) is 0 Å². The topological polar surface area (TPSA) is 74.6 Å². The standard InChI is InChI=1S/C16H18O4S/c1-10-6-13(17)7-11(2)14(10)8-12-4-5-15(18)16(9-12)21(3,19)20/h4-7,9,17-18H,8H2,1-3H3. The molecule has 0 saturated carbocycles. The number of aromatic hydroxyl groups is 2. The SMILES string of the molecule is Cc1cc(O)cc(C)c1Cc1ccc(O)c(S(C)(=O)=O)c1. The molecule has 112 valence electrons. The van der Waals surface area contributed by atoms with Gasteiger partial charge in [0, 0.05) is 6.26 Å². The molecular weight excluding hydrogens is 288 g/mol. The number of hydrogen-bond donors (Lipinski definition) is 2. The van der Waals surface area contributed by atoms with Crippen LogP contribution in [0.3, 0.4) is 0 Å². The van der Waals surface area contributed by atoms with Crippen molar-refractivity contribution in [3.63, 3.8) is 0 Å². The molecule has 0 fully saturated rings. The van der Waals surface area contributed by atoms with Crippen molar-refractivity contribution in [1.29, 1.82) is 0 Å². The van der Waals surface area contributed by atoms with Gasteiger partial charge in [0.25, 0.3) is 0 Å². The first kappa shape index (κ1) is 15.4. The average Bonchev–Trinajstić information content (AvgIpc) is 2.34. The lowest BCUT2D eigenvalue weighted by Gasteiger charge is -2.12. The third-order valence-corrected chi connectivity index (χ3v) is 4.61. The van der Waals surface area contributed by atoms with E-state index in [-0.39, 0.29) is 16.4 Å². The molecule has 2 aromatic rings. The maximum absolute atomic E-state index is 11.6. The van der Waals surface area contributed by atoms with Gasteiger partial charge in [0.15, 0.2) is 9.84 Å². The summed E-state index contributed by atoms with van der Waals surface area (Å²) in [5.74, 6) is -0.0170. The first-order valence-corrected chi connectivity index (χ1v) is 8.38. The van der Waals surface area contributed by atoms with Gasteiger partial charge in [0.1, 0.15) is 16.4 Å². The largest absolute Gasteiger partial charge is 0.508 e. The second kappa shape index (κ2) is 5.41. The molecule has 21 heavy (non-hydrogen) atoms. The lowest BCUT2D eigenvalue weighted by atomic mass is 9.96. The minimum absolute atomic E-state index is 0.0610. The van der Waals surface area contributed by atoms with E-state index in [2.05, 4.69) is 0 Å². The van der Waals surface area contributed by atoms with Crippen LogP contribution in [0.15, 0.2) is 35.2 Å². The van der Waals surface area contributed by atoms with Gasteiger partial charge >= 0.3 is 0 Å². The van der Waals surface area contributed by atoms with Crippen molar-refractivity contribution < 1.29 is 18.6 Å². The summed E-state index contributed by atoms with van der Waals surface area (Å²) in [6.07, 6.45) is 1.61. The Morgan fingerprint density at radius 1 is 1.00 bits per heavy atom. The van der Waals surface area contributed by atoms with Crippen LogP contribution in [-0.4, -0.2) is 24.9 Å². The Morgan fingerprint density at radius 2 is 1.57 bits per heavy atom. The second-order valence-electron chi connectivity index (χ2n) is 5.31. The van der Waals surface area contributed by atoms with Gasteiger partial charge in [0.05, 0.1) is 0 Å². The van der Waals surface area contributed by atoms with Crippen LogP contribution in [0.1, 0.15) is 22.3 Å². The minimum atomic E-state index is -3.47. The molecule has 0 aromatic heterocycles. The Kier molecular flexibility index (Phi) is 3.96. The van der Waals surface area contributed by atoms with E-state index in [0.29, 0.717) is 6.42 Å². The van der Waals surface area contributed by atoms with Crippen LogP contribution in [0.2, 0.25) is 0 Å². The summed E-state index contributed by atoms with van der Waals surface area (Å²) >= 11 is 0. The molecule has 0 bridgehead atoms. The molecule has 0 aliphatic rings. The van der Waals surface area contributed by atoms with E-state index in [1.807, 2.05) is 13.8 Å². The van der Waals surface area contributed by atoms with E-state index >= 15 is 0 Å². The zero-order valence-electron chi connectivity index (χ0n) is 12.2. The van der Waals surface area contributed by atoms with E-state index in [9.17, 15) is 18.6 Å². The van der Waals surface area contributed by atoms with E-state index in [4.69, 9.17) is 0 Å². The van der Waals surface area contributed by atoms with Crippen LogP contribution < -0.4 is 0 Å². The number of benzene rings is 2. The summed E-state index contributed by atoms with van der Waals surface area (Å²) < 4.78 is 23.3. The number of phenols is 2. The average molecular weight is 306 g/mol. The van der Waals surface area contributed by atoms with Gasteiger partial charge in [-0.3, -0.25) is 0 Å². The van der Waals surface area contributed by atoms with E-state index in [1.54, 1.807) is 18.2 Å². The smallest absolute Gasteiger partial charge is 0.179 e. The first-order chi connectivity index (χ1) is 9.68. The predicted molar refractivity (Wildman–Crippen MR) is 81.6 cm³/mol. The fourth-order valence-corrected chi connectivity index (χ4v) is 3.23. The highest BCUT2D eigenvalue weighted by Crippen LogP contribution is 2.27. The van der Waals surface area contributed by atoms with Crippen LogP contribution >= 0.6 is 0 Å². The van der Waals surface area contributed by atoms with E-state index in [0.717, 1.165) is 28.5 Å². The second-order valence-corrected chi connectivity index (χ2v) is 7.29. The van der Waals surface area contributed by atoms with E-state index in [1.165, 1.54) is 12.1 Å². The van der Waals surface area contributed by atoms with Gasteiger partial charge in [-0.1, -0.05) is 6.07 Å². The first-order valence-electron chi connectivity index (χ1n) is 6.49. The van der Waals surface area contributed by atoms with Gasteiger partial charge in [-0.25, -0.2) is 8.42 Å². The molecule has 0 unspecified atom stereocenters. The molecular formula is C16H18O4S. The summed E-state index contributed by atoms with van der Waals surface area (Å²) in [6, 6.07) is 7.96. The Bertz CT molecular complexity index is 769. The fourth-order valence-electron chi connectivity index (χ4n) is 2.42. The zero-order chi connectivity index (χ0) is 15.8. The Balaban J connectivity index is 2.47. The lowest BCUT2D eigenvalue weighted by Crippen LogP contribution is -2.01. The Hall–Kier alpha value is -2.01. The molecule has 2 rings (SSSR count). The summed E-state index contributed by atoms with van der Waals surface area (Å²) in [6.45, 7) is 3.81. The molecule has 5 heteroatoms. The zero-order valence-corrected chi connectivity index (χ0v) is 13.0. The van der Waals surface area contributed by atoms with Crippen LogP contribution in [0.4, 0.5) is 0 Å². The van der Waals surface area contributed by atoms with Gasteiger partial charge in [-0.2, -0.15) is 0 Å². The molecule has 0 aliphatic heterocycles. The molecule has 2 aromatic carbocycles. The van der Waals surface area contributed by atoms with Crippen LogP contribution in [0.5, 0.6) is 11.5 Å². The highest BCUT2D eigenvalue weighted by atomic mass is 32.2. The number of aryl methyl sites for hydroxylation is 2. The number of sulfone groups is 1.